The van der Waals surface area contributed by atoms with Crippen molar-refractivity contribution in [2.45, 2.75) is 12.6 Å². The van der Waals surface area contributed by atoms with Gasteiger partial charge in [-0.05, 0) is 25.1 Å². The number of nitrogens with one attached hydrogen (secondary N) is 1. The molecule has 3 rings (SSSR count). The molecule has 0 spiro atoms. The zero-order valence-corrected chi connectivity index (χ0v) is 11.5. The molecule has 3 nitrogen and oxygen atoms in total. The first-order valence-electron chi connectivity index (χ1n) is 6.35. The van der Waals surface area contributed by atoms with Crippen molar-refractivity contribution in [3.05, 3.63) is 35.0 Å². The van der Waals surface area contributed by atoms with Gasteiger partial charge in [-0.1, -0.05) is 23.7 Å². The number of para-hydroxylation sites is 1. The summed E-state index contributed by atoms with van der Waals surface area (Å²) >= 11 is 5.92. The highest BCUT2D eigenvalue weighted by Crippen LogP contribution is 2.46. The molecule has 1 aliphatic rings. The highest BCUT2D eigenvalue weighted by molar-refractivity contribution is 6.34. The van der Waals surface area contributed by atoms with E-state index in [1.54, 1.807) is 18.2 Å². The highest BCUT2D eigenvalue weighted by atomic mass is 35.5. The molecule has 0 saturated carbocycles. The van der Waals surface area contributed by atoms with Crippen LogP contribution in [0.2, 0.25) is 5.02 Å². The number of rotatable bonds is 2. The average molecular weight is 318 g/mol. The maximum atomic E-state index is 13.4. The number of carbonyl (C=O) groups excluding carboxylic acids is 1. The first kappa shape index (κ1) is 14.4. The van der Waals surface area contributed by atoms with E-state index in [-0.39, 0.29) is 29.3 Å². The molecule has 1 unspecified atom stereocenters. The number of halogens is 4. The van der Waals surface area contributed by atoms with Gasteiger partial charge in [0.2, 0.25) is 5.78 Å². The van der Waals surface area contributed by atoms with Crippen LogP contribution in [0.4, 0.5) is 13.2 Å². The van der Waals surface area contributed by atoms with Crippen LogP contribution in [0.5, 0.6) is 0 Å². The molecule has 0 amide bonds. The smallest absolute Gasteiger partial charge is 0.403 e. The van der Waals surface area contributed by atoms with Crippen molar-refractivity contribution in [1.82, 2.24) is 5.32 Å². The summed E-state index contributed by atoms with van der Waals surface area (Å²) in [6.07, 6.45) is -4.92. The molecule has 1 atom stereocenters. The Morgan fingerprint density at radius 2 is 2.14 bits per heavy atom. The van der Waals surface area contributed by atoms with E-state index in [4.69, 9.17) is 16.0 Å². The number of fused-ring (bicyclic) bond motifs is 1. The van der Waals surface area contributed by atoms with Crippen LogP contribution in [0.3, 0.4) is 0 Å². The molecule has 1 aromatic heterocycles. The fourth-order valence-electron chi connectivity index (χ4n) is 2.63. The van der Waals surface area contributed by atoms with E-state index < -0.39 is 23.9 Å². The van der Waals surface area contributed by atoms with E-state index in [0.29, 0.717) is 5.39 Å². The molecule has 0 bridgehead atoms. The summed E-state index contributed by atoms with van der Waals surface area (Å²) in [4.78, 5) is 12.4. The van der Waals surface area contributed by atoms with E-state index in [1.807, 2.05) is 0 Å². The standard InChI is InChI=1S/C14H11ClF3NO2/c15-9-3-1-2-8-6-10(21-11(8)9)12(20)13(14(16,17)18)4-5-19-7-13/h1-3,6,19H,4-5,7H2. The SMILES string of the molecule is O=C(c1cc2cccc(Cl)c2o1)C1(C(F)(F)F)CCNC1. The predicted molar refractivity (Wildman–Crippen MR) is 71.5 cm³/mol. The number of hydrogen-bond acceptors (Lipinski definition) is 3. The summed E-state index contributed by atoms with van der Waals surface area (Å²) in [6.45, 7) is -0.285. The first-order chi connectivity index (χ1) is 9.85. The third-order valence-corrected chi connectivity index (χ3v) is 4.15. The summed E-state index contributed by atoms with van der Waals surface area (Å²) in [5.74, 6) is -1.36. The molecule has 2 heterocycles. The lowest BCUT2D eigenvalue weighted by Crippen LogP contribution is -2.46. The number of hydrogen-bond donors (Lipinski definition) is 1. The molecule has 0 aliphatic carbocycles. The van der Waals surface area contributed by atoms with Crippen LogP contribution in [0.25, 0.3) is 11.0 Å². The van der Waals surface area contributed by atoms with E-state index in [2.05, 4.69) is 5.32 Å². The van der Waals surface area contributed by atoms with Gasteiger partial charge in [-0.15, -0.1) is 0 Å². The largest absolute Gasteiger partial charge is 0.451 e. The molecule has 2 aromatic rings. The Balaban J connectivity index is 2.09. The van der Waals surface area contributed by atoms with Crippen LogP contribution < -0.4 is 5.32 Å². The third kappa shape index (κ3) is 2.13. The molecular weight excluding hydrogens is 307 g/mol. The van der Waals surface area contributed by atoms with Gasteiger partial charge in [0, 0.05) is 11.9 Å². The van der Waals surface area contributed by atoms with Crippen molar-refractivity contribution in [2.75, 3.05) is 13.1 Å². The molecule has 1 aliphatic heterocycles. The highest BCUT2D eigenvalue weighted by Gasteiger charge is 2.62. The van der Waals surface area contributed by atoms with Gasteiger partial charge < -0.3 is 9.73 Å². The van der Waals surface area contributed by atoms with Crippen LogP contribution in [-0.4, -0.2) is 25.0 Å². The molecule has 112 valence electrons. The lowest BCUT2D eigenvalue weighted by Gasteiger charge is -2.28. The van der Waals surface area contributed by atoms with Crippen LogP contribution in [0.15, 0.2) is 28.7 Å². The van der Waals surface area contributed by atoms with Gasteiger partial charge in [0.15, 0.2) is 11.3 Å². The molecule has 1 N–H and O–H groups in total. The molecule has 0 radical (unpaired) electrons. The maximum absolute atomic E-state index is 13.4. The number of furan rings is 1. The molecule has 1 fully saturated rings. The van der Waals surface area contributed by atoms with Gasteiger partial charge in [-0.25, -0.2) is 0 Å². The van der Waals surface area contributed by atoms with Gasteiger partial charge in [-0.3, -0.25) is 4.79 Å². The van der Waals surface area contributed by atoms with Crippen LogP contribution in [0.1, 0.15) is 17.0 Å². The molecular formula is C14H11ClF3NO2. The Morgan fingerprint density at radius 1 is 1.38 bits per heavy atom. The predicted octanol–water partition coefficient (Wildman–Crippen LogP) is 3.81. The minimum Gasteiger partial charge on any atom is -0.451 e. The summed E-state index contributed by atoms with van der Waals surface area (Å²) in [5.41, 5.74) is -2.20. The fourth-order valence-corrected chi connectivity index (χ4v) is 2.85. The minimum atomic E-state index is -4.63. The van der Waals surface area contributed by atoms with Gasteiger partial charge in [0.25, 0.3) is 0 Å². The molecule has 1 aromatic carbocycles. The third-order valence-electron chi connectivity index (χ3n) is 3.85. The normalized spacial score (nSPS) is 22.9. The monoisotopic (exact) mass is 317 g/mol. The number of benzene rings is 1. The van der Waals surface area contributed by atoms with E-state index in [1.165, 1.54) is 6.07 Å². The number of alkyl halides is 3. The van der Waals surface area contributed by atoms with Crippen molar-refractivity contribution in [3.63, 3.8) is 0 Å². The maximum Gasteiger partial charge on any atom is 0.403 e. The lowest BCUT2D eigenvalue weighted by molar-refractivity contribution is -0.197. The number of ketones is 1. The van der Waals surface area contributed by atoms with Gasteiger partial charge in [-0.2, -0.15) is 13.2 Å². The molecule has 21 heavy (non-hydrogen) atoms. The Bertz CT molecular complexity index is 702. The Hall–Kier alpha value is -1.53. The van der Waals surface area contributed by atoms with Crippen LogP contribution >= 0.6 is 11.6 Å². The second kappa shape index (κ2) is 4.74. The Labute approximate surface area is 123 Å². The van der Waals surface area contributed by atoms with Crippen molar-refractivity contribution in [2.24, 2.45) is 5.41 Å². The van der Waals surface area contributed by atoms with Gasteiger partial charge in [0.05, 0.1) is 5.02 Å². The number of carbonyl (C=O) groups is 1. The zero-order chi connectivity index (χ0) is 15.3. The van der Waals surface area contributed by atoms with Gasteiger partial charge in [0.1, 0.15) is 5.41 Å². The summed E-state index contributed by atoms with van der Waals surface area (Å²) in [5, 5.41) is 3.38. The van der Waals surface area contributed by atoms with Crippen molar-refractivity contribution in [3.8, 4) is 0 Å². The lowest BCUT2D eigenvalue weighted by atomic mass is 9.80. The van der Waals surface area contributed by atoms with E-state index in [0.717, 1.165) is 0 Å². The zero-order valence-electron chi connectivity index (χ0n) is 10.8. The molecule has 1 saturated heterocycles. The van der Waals surface area contributed by atoms with Crippen LogP contribution in [0, 0.1) is 5.41 Å². The summed E-state index contributed by atoms with van der Waals surface area (Å²) < 4.78 is 45.4. The van der Waals surface area contributed by atoms with Crippen molar-refractivity contribution in [1.29, 1.82) is 0 Å². The quantitative estimate of drug-likeness (QED) is 0.856. The first-order valence-corrected chi connectivity index (χ1v) is 6.73. The van der Waals surface area contributed by atoms with Crippen molar-refractivity contribution < 1.29 is 22.4 Å². The Morgan fingerprint density at radius 3 is 2.71 bits per heavy atom. The Kier molecular flexibility index (Phi) is 3.26. The van der Waals surface area contributed by atoms with E-state index >= 15 is 0 Å². The van der Waals surface area contributed by atoms with E-state index in [9.17, 15) is 18.0 Å². The minimum absolute atomic E-state index is 0.145. The number of Topliss-reactive ketones (excluding diaryl/α,β-unsaturated/α-hetero) is 1. The fraction of sp³-hybridized carbons (Fsp3) is 0.357. The topological polar surface area (TPSA) is 42.2 Å². The van der Waals surface area contributed by atoms with Crippen LogP contribution in [-0.2, 0) is 0 Å². The summed E-state index contributed by atoms with van der Waals surface area (Å²) in [6, 6.07) is 6.15. The summed E-state index contributed by atoms with van der Waals surface area (Å²) in [7, 11) is 0. The second-order valence-corrected chi connectivity index (χ2v) is 5.51. The van der Waals surface area contributed by atoms with Gasteiger partial charge >= 0.3 is 6.18 Å². The van der Waals surface area contributed by atoms with Crippen molar-refractivity contribution >= 4 is 28.4 Å². The second-order valence-electron chi connectivity index (χ2n) is 5.10. The average Bonchev–Trinajstić information content (AvgIpc) is 3.05. The molecule has 7 heteroatoms.